The SMILES string of the molecule is CCNC(=O)C(C)N(CCc1ccccc1)C(=O)CCCN(c1cccc(Cl)c1)S(C)(=O)=O. The smallest absolute Gasteiger partial charge is 0.242 e. The van der Waals surface area contributed by atoms with E-state index >= 15 is 0 Å². The van der Waals surface area contributed by atoms with E-state index in [2.05, 4.69) is 5.32 Å². The Kier molecular flexibility index (Phi) is 10.2. The largest absolute Gasteiger partial charge is 0.355 e. The second-order valence-corrected chi connectivity index (χ2v) is 10.2. The topological polar surface area (TPSA) is 86.8 Å². The van der Waals surface area contributed by atoms with E-state index in [0.717, 1.165) is 11.8 Å². The Labute approximate surface area is 201 Å². The third kappa shape index (κ3) is 8.37. The Balaban J connectivity index is 2.08. The first-order valence-corrected chi connectivity index (χ1v) is 13.2. The third-order valence-corrected chi connectivity index (χ3v) is 6.68. The summed E-state index contributed by atoms with van der Waals surface area (Å²) < 4.78 is 25.9. The molecule has 0 spiro atoms. The zero-order valence-electron chi connectivity index (χ0n) is 19.3. The van der Waals surface area contributed by atoms with Crippen molar-refractivity contribution in [2.75, 3.05) is 30.2 Å². The molecule has 9 heteroatoms. The van der Waals surface area contributed by atoms with Gasteiger partial charge < -0.3 is 10.2 Å². The fraction of sp³-hybridized carbons (Fsp3) is 0.417. The van der Waals surface area contributed by atoms with Gasteiger partial charge in [0, 0.05) is 31.1 Å². The van der Waals surface area contributed by atoms with Crippen LogP contribution in [-0.2, 0) is 26.0 Å². The van der Waals surface area contributed by atoms with E-state index < -0.39 is 16.1 Å². The molecule has 33 heavy (non-hydrogen) atoms. The fourth-order valence-corrected chi connectivity index (χ4v) is 4.67. The average molecular weight is 494 g/mol. The van der Waals surface area contributed by atoms with Gasteiger partial charge in [-0.1, -0.05) is 48.0 Å². The number of carbonyl (C=O) groups excluding carboxylic acids is 2. The Bertz CT molecular complexity index is 1030. The molecule has 2 rings (SSSR count). The predicted octanol–water partition coefficient (Wildman–Crippen LogP) is 3.48. The number of nitrogens with zero attached hydrogens (tertiary/aromatic N) is 2. The molecular formula is C24H32ClN3O4S. The second kappa shape index (κ2) is 12.6. The number of benzene rings is 2. The van der Waals surface area contributed by atoms with Crippen LogP contribution in [0.1, 0.15) is 32.3 Å². The zero-order chi connectivity index (χ0) is 24.4. The van der Waals surface area contributed by atoms with Crippen LogP contribution in [0, 0.1) is 0 Å². The quantitative estimate of drug-likeness (QED) is 0.490. The number of halogens is 1. The lowest BCUT2D eigenvalue weighted by Gasteiger charge is -2.29. The number of rotatable bonds is 12. The summed E-state index contributed by atoms with van der Waals surface area (Å²) in [6, 6.07) is 15.7. The maximum Gasteiger partial charge on any atom is 0.242 e. The molecule has 180 valence electrons. The van der Waals surface area contributed by atoms with E-state index in [-0.39, 0.29) is 24.8 Å². The Hall–Kier alpha value is -2.58. The highest BCUT2D eigenvalue weighted by Crippen LogP contribution is 2.22. The van der Waals surface area contributed by atoms with Crippen LogP contribution in [0.15, 0.2) is 54.6 Å². The summed E-state index contributed by atoms with van der Waals surface area (Å²) >= 11 is 6.02. The van der Waals surface area contributed by atoms with Crippen LogP contribution in [0.4, 0.5) is 5.69 Å². The molecule has 2 aromatic carbocycles. The number of carbonyl (C=O) groups is 2. The number of anilines is 1. The highest BCUT2D eigenvalue weighted by Gasteiger charge is 2.26. The van der Waals surface area contributed by atoms with Crippen molar-refractivity contribution < 1.29 is 18.0 Å². The van der Waals surface area contributed by atoms with Crippen molar-refractivity contribution in [3.63, 3.8) is 0 Å². The van der Waals surface area contributed by atoms with E-state index in [4.69, 9.17) is 11.6 Å². The van der Waals surface area contributed by atoms with Crippen molar-refractivity contribution in [1.82, 2.24) is 10.2 Å². The molecule has 0 fully saturated rings. The molecule has 0 aliphatic heterocycles. The fourth-order valence-electron chi connectivity index (χ4n) is 3.53. The molecule has 1 unspecified atom stereocenters. The van der Waals surface area contributed by atoms with Gasteiger partial charge in [0.15, 0.2) is 0 Å². The molecule has 0 saturated carbocycles. The van der Waals surface area contributed by atoms with Crippen molar-refractivity contribution in [3.05, 3.63) is 65.2 Å². The van der Waals surface area contributed by atoms with Gasteiger partial charge in [-0.2, -0.15) is 0 Å². The summed E-state index contributed by atoms with van der Waals surface area (Å²) in [7, 11) is -3.55. The van der Waals surface area contributed by atoms with Gasteiger partial charge in [-0.15, -0.1) is 0 Å². The van der Waals surface area contributed by atoms with Gasteiger partial charge in [-0.05, 0) is 50.5 Å². The molecule has 1 N–H and O–H groups in total. The number of nitrogens with one attached hydrogen (secondary N) is 1. The van der Waals surface area contributed by atoms with Crippen LogP contribution < -0.4 is 9.62 Å². The summed E-state index contributed by atoms with van der Waals surface area (Å²) in [5, 5.41) is 3.20. The molecule has 1 atom stereocenters. The molecule has 2 aromatic rings. The number of likely N-dealkylation sites (N-methyl/N-ethyl adjacent to an activating group) is 1. The van der Waals surface area contributed by atoms with E-state index in [1.807, 2.05) is 37.3 Å². The highest BCUT2D eigenvalue weighted by molar-refractivity contribution is 7.92. The van der Waals surface area contributed by atoms with Gasteiger partial charge in [-0.3, -0.25) is 13.9 Å². The van der Waals surface area contributed by atoms with E-state index in [1.54, 1.807) is 36.1 Å². The maximum absolute atomic E-state index is 13.1. The molecule has 7 nitrogen and oxygen atoms in total. The third-order valence-electron chi connectivity index (χ3n) is 5.25. The Morgan fingerprint density at radius 1 is 1.06 bits per heavy atom. The standard InChI is InChI=1S/C24H32ClN3O4S/c1-4-26-24(30)19(2)27(17-15-20-10-6-5-7-11-20)23(29)14-9-16-28(33(3,31)32)22-13-8-12-21(25)18-22/h5-8,10-13,18-19H,4,9,14-17H2,1-3H3,(H,26,30). The van der Waals surface area contributed by atoms with Gasteiger partial charge in [-0.25, -0.2) is 8.42 Å². The zero-order valence-corrected chi connectivity index (χ0v) is 20.9. The number of hydrogen-bond acceptors (Lipinski definition) is 4. The molecule has 2 amide bonds. The summed E-state index contributed by atoms with van der Waals surface area (Å²) in [6.45, 7) is 4.55. The van der Waals surface area contributed by atoms with Gasteiger partial charge in [0.25, 0.3) is 0 Å². The molecule has 0 radical (unpaired) electrons. The Morgan fingerprint density at radius 2 is 1.76 bits per heavy atom. The Morgan fingerprint density at radius 3 is 2.36 bits per heavy atom. The minimum absolute atomic E-state index is 0.116. The van der Waals surface area contributed by atoms with Crippen LogP contribution in [-0.4, -0.2) is 57.1 Å². The first-order valence-electron chi connectivity index (χ1n) is 11.0. The van der Waals surface area contributed by atoms with Crippen molar-refractivity contribution in [3.8, 4) is 0 Å². The number of amides is 2. The van der Waals surface area contributed by atoms with E-state index in [1.165, 1.54) is 4.31 Å². The first kappa shape index (κ1) is 26.7. The van der Waals surface area contributed by atoms with Gasteiger partial charge in [0.1, 0.15) is 6.04 Å². The van der Waals surface area contributed by atoms with Crippen LogP contribution >= 0.6 is 11.6 Å². The summed E-state index contributed by atoms with van der Waals surface area (Å²) in [5.41, 5.74) is 1.52. The monoisotopic (exact) mass is 493 g/mol. The minimum atomic E-state index is -3.55. The maximum atomic E-state index is 13.1. The van der Waals surface area contributed by atoms with Gasteiger partial charge in [0.05, 0.1) is 11.9 Å². The van der Waals surface area contributed by atoms with Crippen LogP contribution in [0.2, 0.25) is 5.02 Å². The molecular weight excluding hydrogens is 462 g/mol. The van der Waals surface area contributed by atoms with Crippen LogP contribution in [0.25, 0.3) is 0 Å². The van der Waals surface area contributed by atoms with Crippen LogP contribution in [0.3, 0.4) is 0 Å². The van der Waals surface area contributed by atoms with Crippen LogP contribution in [0.5, 0.6) is 0 Å². The number of sulfonamides is 1. The highest BCUT2D eigenvalue weighted by atomic mass is 35.5. The first-order chi connectivity index (χ1) is 15.6. The second-order valence-electron chi connectivity index (χ2n) is 7.81. The molecule has 0 aromatic heterocycles. The lowest BCUT2D eigenvalue weighted by molar-refractivity contribution is -0.139. The summed E-state index contributed by atoms with van der Waals surface area (Å²) in [4.78, 5) is 27.1. The van der Waals surface area contributed by atoms with Crippen molar-refractivity contribution in [2.45, 2.75) is 39.2 Å². The average Bonchev–Trinajstić information content (AvgIpc) is 2.76. The molecule has 0 aliphatic rings. The molecule has 0 bridgehead atoms. The number of hydrogen-bond donors (Lipinski definition) is 1. The summed E-state index contributed by atoms with van der Waals surface area (Å²) in [5.74, 6) is -0.403. The van der Waals surface area contributed by atoms with Gasteiger partial charge >= 0.3 is 0 Å². The predicted molar refractivity (Wildman–Crippen MR) is 133 cm³/mol. The van der Waals surface area contributed by atoms with Gasteiger partial charge in [0.2, 0.25) is 21.8 Å². The van der Waals surface area contributed by atoms with Crippen molar-refractivity contribution in [1.29, 1.82) is 0 Å². The lowest BCUT2D eigenvalue weighted by Crippen LogP contribution is -2.48. The van der Waals surface area contributed by atoms with E-state index in [9.17, 15) is 18.0 Å². The minimum Gasteiger partial charge on any atom is -0.355 e. The normalized spacial score (nSPS) is 12.1. The molecule has 0 aliphatic carbocycles. The van der Waals surface area contributed by atoms with E-state index in [0.29, 0.717) is 36.6 Å². The lowest BCUT2D eigenvalue weighted by atomic mass is 10.1. The van der Waals surface area contributed by atoms with Crippen molar-refractivity contribution >= 4 is 39.1 Å². The van der Waals surface area contributed by atoms with Crippen molar-refractivity contribution in [2.24, 2.45) is 0 Å². The molecule has 0 saturated heterocycles. The molecule has 0 heterocycles. The summed E-state index contributed by atoms with van der Waals surface area (Å²) in [6.07, 6.45) is 2.17.